The molecule has 2 heterocycles. The van der Waals surface area contributed by atoms with Crippen molar-refractivity contribution in [3.05, 3.63) is 17.3 Å². The topological polar surface area (TPSA) is 41.0 Å². The Morgan fingerprint density at radius 2 is 2.12 bits per heavy atom. The summed E-state index contributed by atoms with van der Waals surface area (Å²) in [6.45, 7) is 2.35. The average molecular weight is 239 g/mol. The summed E-state index contributed by atoms with van der Waals surface area (Å²) >= 11 is 5.69. The van der Waals surface area contributed by atoms with Gasteiger partial charge in [0.05, 0.1) is 0 Å². The van der Waals surface area contributed by atoms with Crippen LogP contribution < -0.4 is 5.32 Å². The first-order valence-corrected chi connectivity index (χ1v) is 6.19. The second kappa shape index (κ2) is 4.18. The van der Waals surface area contributed by atoms with Crippen molar-refractivity contribution in [3.8, 4) is 0 Å². The molecule has 0 amide bonds. The lowest BCUT2D eigenvalue weighted by atomic mass is 10.2. The molecule has 1 aliphatic heterocycles. The molecule has 3 rings (SSSR count). The fourth-order valence-corrected chi connectivity index (χ4v) is 2.38. The van der Waals surface area contributed by atoms with Crippen LogP contribution in [0.1, 0.15) is 19.3 Å². The van der Waals surface area contributed by atoms with Gasteiger partial charge in [0.1, 0.15) is 5.82 Å². The van der Waals surface area contributed by atoms with E-state index in [0.717, 1.165) is 18.4 Å². The van der Waals surface area contributed by atoms with E-state index in [1.165, 1.54) is 25.8 Å². The summed E-state index contributed by atoms with van der Waals surface area (Å²) < 4.78 is 0. The van der Waals surface area contributed by atoms with E-state index in [1.807, 2.05) is 6.07 Å². The maximum atomic E-state index is 5.69. The van der Waals surface area contributed by atoms with Crippen molar-refractivity contribution in [1.82, 2.24) is 15.1 Å². The van der Waals surface area contributed by atoms with Crippen molar-refractivity contribution in [2.45, 2.75) is 31.3 Å². The molecule has 1 aliphatic carbocycles. The van der Waals surface area contributed by atoms with Gasteiger partial charge < -0.3 is 5.32 Å². The Morgan fingerprint density at radius 3 is 2.81 bits per heavy atom. The summed E-state index contributed by atoms with van der Waals surface area (Å²) in [6, 6.07) is 5.03. The predicted molar refractivity (Wildman–Crippen MR) is 63.7 cm³/mol. The number of likely N-dealkylation sites (tertiary alicyclic amines) is 1. The van der Waals surface area contributed by atoms with Crippen molar-refractivity contribution < 1.29 is 0 Å². The van der Waals surface area contributed by atoms with Gasteiger partial charge in [0, 0.05) is 25.2 Å². The number of anilines is 1. The van der Waals surface area contributed by atoms with Crippen LogP contribution in [0, 0.1) is 0 Å². The molecule has 1 aromatic heterocycles. The molecule has 1 N–H and O–H groups in total. The Kier molecular flexibility index (Phi) is 2.69. The zero-order valence-electron chi connectivity index (χ0n) is 9.06. The summed E-state index contributed by atoms with van der Waals surface area (Å²) in [5.74, 6) is 0.826. The highest BCUT2D eigenvalue weighted by Crippen LogP contribution is 2.30. The SMILES string of the molecule is Clc1ccc(NC2CCN(C3CC3)C2)nn1. The van der Waals surface area contributed by atoms with Crippen LogP contribution in [0.25, 0.3) is 0 Å². The Balaban J connectivity index is 1.57. The molecular weight excluding hydrogens is 224 g/mol. The minimum absolute atomic E-state index is 0.441. The zero-order chi connectivity index (χ0) is 11.0. The lowest BCUT2D eigenvalue weighted by molar-refractivity contribution is 0.326. The van der Waals surface area contributed by atoms with Gasteiger partial charge in [-0.15, -0.1) is 10.2 Å². The van der Waals surface area contributed by atoms with Crippen LogP contribution in [-0.2, 0) is 0 Å². The van der Waals surface area contributed by atoms with Gasteiger partial charge in [-0.1, -0.05) is 11.6 Å². The molecule has 4 nitrogen and oxygen atoms in total. The third-order valence-corrected chi connectivity index (χ3v) is 3.47. The molecular formula is C11H15ClN4. The van der Waals surface area contributed by atoms with E-state index in [-0.39, 0.29) is 0 Å². The van der Waals surface area contributed by atoms with Crippen molar-refractivity contribution in [3.63, 3.8) is 0 Å². The first kappa shape index (κ1) is 10.3. The first-order valence-electron chi connectivity index (χ1n) is 5.81. The Bertz CT molecular complexity index is 363. The number of rotatable bonds is 3. The third-order valence-electron chi connectivity index (χ3n) is 3.27. The van der Waals surface area contributed by atoms with E-state index in [9.17, 15) is 0 Å². The van der Waals surface area contributed by atoms with Gasteiger partial charge in [-0.2, -0.15) is 0 Å². The van der Waals surface area contributed by atoms with Crippen LogP contribution in [0.2, 0.25) is 5.15 Å². The summed E-state index contributed by atoms with van der Waals surface area (Å²) in [6.07, 6.45) is 3.96. The summed E-state index contributed by atoms with van der Waals surface area (Å²) in [5, 5.41) is 11.7. The van der Waals surface area contributed by atoms with Crippen LogP contribution in [0.5, 0.6) is 0 Å². The third kappa shape index (κ3) is 2.28. The molecule has 1 saturated heterocycles. The van der Waals surface area contributed by atoms with E-state index in [1.54, 1.807) is 6.07 Å². The van der Waals surface area contributed by atoms with Gasteiger partial charge in [-0.25, -0.2) is 0 Å². The molecule has 0 spiro atoms. The maximum absolute atomic E-state index is 5.69. The normalized spacial score (nSPS) is 25.9. The van der Waals surface area contributed by atoms with E-state index >= 15 is 0 Å². The standard InChI is InChI=1S/C11H15ClN4/c12-10-3-4-11(15-14-10)13-8-5-6-16(7-8)9-1-2-9/h3-4,8-9H,1-2,5-7H2,(H,13,15). The largest absolute Gasteiger partial charge is 0.365 e. The van der Waals surface area contributed by atoms with Crippen LogP contribution in [0.4, 0.5) is 5.82 Å². The fourth-order valence-electron chi connectivity index (χ4n) is 2.28. The monoisotopic (exact) mass is 238 g/mol. The highest BCUT2D eigenvalue weighted by atomic mass is 35.5. The van der Waals surface area contributed by atoms with E-state index in [4.69, 9.17) is 11.6 Å². The number of aromatic nitrogens is 2. The van der Waals surface area contributed by atoms with Crippen molar-refractivity contribution in [2.24, 2.45) is 0 Å². The quantitative estimate of drug-likeness (QED) is 0.872. The van der Waals surface area contributed by atoms with Gasteiger partial charge in [-0.05, 0) is 31.4 Å². The van der Waals surface area contributed by atoms with Gasteiger partial charge >= 0.3 is 0 Å². The minimum Gasteiger partial charge on any atom is -0.365 e. The van der Waals surface area contributed by atoms with Crippen molar-refractivity contribution in [2.75, 3.05) is 18.4 Å². The second-order valence-corrected chi connectivity index (χ2v) is 4.98. The molecule has 16 heavy (non-hydrogen) atoms. The van der Waals surface area contributed by atoms with Gasteiger partial charge in [0.15, 0.2) is 5.15 Å². The zero-order valence-corrected chi connectivity index (χ0v) is 9.82. The highest BCUT2D eigenvalue weighted by molar-refractivity contribution is 6.29. The molecule has 2 fully saturated rings. The number of nitrogens with zero attached hydrogens (tertiary/aromatic N) is 3. The number of hydrogen-bond acceptors (Lipinski definition) is 4. The molecule has 2 aliphatic rings. The molecule has 0 bridgehead atoms. The fraction of sp³-hybridized carbons (Fsp3) is 0.636. The summed E-state index contributed by atoms with van der Waals surface area (Å²) in [4.78, 5) is 2.57. The lowest BCUT2D eigenvalue weighted by Gasteiger charge is -2.15. The van der Waals surface area contributed by atoms with Gasteiger partial charge in [0.25, 0.3) is 0 Å². The van der Waals surface area contributed by atoms with E-state index in [2.05, 4.69) is 20.4 Å². The number of nitrogens with one attached hydrogen (secondary N) is 1. The second-order valence-electron chi connectivity index (χ2n) is 4.60. The Morgan fingerprint density at radius 1 is 1.25 bits per heavy atom. The van der Waals surface area contributed by atoms with Crippen LogP contribution in [-0.4, -0.2) is 40.3 Å². The average Bonchev–Trinajstić information content (AvgIpc) is 3.04. The Hall–Kier alpha value is -0.870. The molecule has 1 aromatic rings. The van der Waals surface area contributed by atoms with Crippen molar-refractivity contribution in [1.29, 1.82) is 0 Å². The lowest BCUT2D eigenvalue weighted by Crippen LogP contribution is -2.28. The molecule has 1 saturated carbocycles. The predicted octanol–water partition coefficient (Wildman–Crippen LogP) is 1.78. The van der Waals surface area contributed by atoms with Crippen LogP contribution in [0.3, 0.4) is 0 Å². The minimum atomic E-state index is 0.441. The highest BCUT2D eigenvalue weighted by Gasteiger charge is 2.34. The first-order chi connectivity index (χ1) is 7.81. The molecule has 0 aromatic carbocycles. The smallest absolute Gasteiger partial charge is 0.151 e. The van der Waals surface area contributed by atoms with Gasteiger partial charge in [0.2, 0.25) is 0 Å². The molecule has 1 atom stereocenters. The molecule has 1 unspecified atom stereocenters. The Labute approximate surface area is 100.0 Å². The van der Waals surface area contributed by atoms with E-state index < -0.39 is 0 Å². The van der Waals surface area contributed by atoms with Gasteiger partial charge in [-0.3, -0.25) is 4.90 Å². The van der Waals surface area contributed by atoms with Crippen LogP contribution in [0.15, 0.2) is 12.1 Å². The molecule has 0 radical (unpaired) electrons. The molecule has 5 heteroatoms. The van der Waals surface area contributed by atoms with Crippen molar-refractivity contribution >= 4 is 17.4 Å². The number of halogens is 1. The summed E-state index contributed by atoms with van der Waals surface area (Å²) in [7, 11) is 0. The number of hydrogen-bond donors (Lipinski definition) is 1. The van der Waals surface area contributed by atoms with Crippen LogP contribution >= 0.6 is 11.6 Å². The van der Waals surface area contributed by atoms with E-state index in [0.29, 0.717) is 11.2 Å². The summed E-state index contributed by atoms with van der Waals surface area (Å²) in [5.41, 5.74) is 0. The molecule has 86 valence electrons. The maximum Gasteiger partial charge on any atom is 0.151 e.